The fourth-order valence-corrected chi connectivity index (χ4v) is 9.68. The van der Waals surface area contributed by atoms with Gasteiger partial charge in [0.15, 0.2) is 0 Å². The number of carbonyl (C=O) groups excluding carboxylic acids is 4. The minimum Gasteiger partial charge on any atom is -0.457 e. The highest BCUT2D eigenvalue weighted by Crippen LogP contribution is 2.34. The standard InChI is InChI=1S/C50H56Cl2N8O6/c1-33-47(63)55-42(31-61)48(64)56-50(27-34-9-14-38(51)15-10-34)19-7-23-59(32-50)49(65)37(24-40-8-3-4-20-53-40)25-46(62)60(33)29-36-11-16-39(52)26-44(36)66-41-17-12-35(13-18-41)43-28-54-45(57(43)2)30-58-21-5-6-22-58/h3-4,8-18,20,26,28,33,37,42,61H,5-7,19,21-25,27,29-32H2,1-2H3,(H,55,63)(H,56,64)/t33-,37+,42-,50+/m0/s1. The molecular formula is C50H56Cl2N8O6. The van der Waals surface area contributed by atoms with Gasteiger partial charge >= 0.3 is 0 Å². The minimum absolute atomic E-state index is 0.110. The van der Waals surface area contributed by atoms with Crippen molar-refractivity contribution < 1.29 is 29.0 Å². The lowest BCUT2D eigenvalue weighted by Crippen LogP contribution is -2.65. The predicted octanol–water partition coefficient (Wildman–Crippen LogP) is 6.35. The first-order valence-electron chi connectivity index (χ1n) is 22.6. The number of piperidine rings is 1. The second-order valence-corrected chi connectivity index (χ2v) is 18.7. The second-order valence-electron chi connectivity index (χ2n) is 17.8. The number of aliphatic hydroxyl groups is 1. The first kappa shape index (κ1) is 46.7. The molecule has 66 heavy (non-hydrogen) atoms. The van der Waals surface area contributed by atoms with Gasteiger partial charge in [-0.25, -0.2) is 4.98 Å². The molecule has 346 valence electrons. The lowest BCUT2D eigenvalue weighted by molar-refractivity contribution is -0.147. The Morgan fingerprint density at radius 1 is 0.864 bits per heavy atom. The lowest BCUT2D eigenvalue weighted by Gasteiger charge is -2.45. The Morgan fingerprint density at radius 3 is 2.35 bits per heavy atom. The Hall–Kier alpha value is -5.80. The number of hydrogen-bond donors (Lipinski definition) is 3. The van der Waals surface area contributed by atoms with Gasteiger partial charge in [-0.3, -0.25) is 29.1 Å². The van der Waals surface area contributed by atoms with E-state index in [2.05, 4.69) is 25.1 Å². The Morgan fingerprint density at radius 2 is 1.62 bits per heavy atom. The van der Waals surface area contributed by atoms with Crippen molar-refractivity contribution in [3.8, 4) is 22.8 Å². The molecule has 5 aromatic rings. The Kier molecular flexibility index (Phi) is 14.7. The normalized spacial score (nSPS) is 22.2. The summed E-state index contributed by atoms with van der Waals surface area (Å²) in [5.74, 6) is -0.962. The molecule has 3 aromatic carbocycles. The van der Waals surface area contributed by atoms with Crippen LogP contribution < -0.4 is 15.4 Å². The predicted molar refractivity (Wildman–Crippen MR) is 252 cm³/mol. The van der Waals surface area contributed by atoms with Crippen molar-refractivity contribution in [3.05, 3.63) is 130 Å². The molecule has 3 aliphatic heterocycles. The maximum absolute atomic E-state index is 14.9. The van der Waals surface area contributed by atoms with Gasteiger partial charge in [-0.1, -0.05) is 47.5 Å². The number of amides is 4. The van der Waals surface area contributed by atoms with Crippen LogP contribution in [-0.2, 0) is 52.2 Å². The van der Waals surface area contributed by atoms with Crippen LogP contribution in [0.1, 0.15) is 61.7 Å². The van der Waals surface area contributed by atoms with Crippen LogP contribution in [0, 0.1) is 5.92 Å². The summed E-state index contributed by atoms with van der Waals surface area (Å²) in [7, 11) is 2.03. The van der Waals surface area contributed by atoms with Gasteiger partial charge in [0.05, 0.1) is 43.0 Å². The number of benzene rings is 3. The highest BCUT2D eigenvalue weighted by molar-refractivity contribution is 6.31. The van der Waals surface area contributed by atoms with Crippen LogP contribution in [0.4, 0.5) is 0 Å². The van der Waals surface area contributed by atoms with Gasteiger partial charge in [-0.2, -0.15) is 0 Å². The number of fused-ring (bicyclic) bond motifs is 2. The van der Waals surface area contributed by atoms with Crippen molar-refractivity contribution in [1.82, 2.24) is 39.9 Å². The van der Waals surface area contributed by atoms with E-state index in [0.29, 0.717) is 58.6 Å². The summed E-state index contributed by atoms with van der Waals surface area (Å²) in [6, 6.07) is 22.9. The van der Waals surface area contributed by atoms with E-state index in [-0.39, 0.29) is 31.8 Å². The van der Waals surface area contributed by atoms with E-state index in [0.717, 1.165) is 42.3 Å². The van der Waals surface area contributed by atoms with E-state index in [4.69, 9.17) is 32.9 Å². The summed E-state index contributed by atoms with van der Waals surface area (Å²) in [6.07, 6.45) is 7.35. The lowest BCUT2D eigenvalue weighted by atomic mass is 9.82. The molecule has 0 spiro atoms. The fraction of sp³-hybridized carbons (Fsp3) is 0.400. The maximum Gasteiger partial charge on any atom is 0.245 e. The molecule has 4 amide bonds. The van der Waals surface area contributed by atoms with Crippen LogP contribution in [0.5, 0.6) is 11.5 Å². The Labute approximate surface area is 395 Å². The van der Waals surface area contributed by atoms with E-state index in [1.807, 2.05) is 61.8 Å². The van der Waals surface area contributed by atoms with Gasteiger partial charge in [0.2, 0.25) is 23.6 Å². The van der Waals surface area contributed by atoms with Crippen LogP contribution in [0.15, 0.2) is 97.3 Å². The Bertz CT molecular complexity index is 2520. The number of aromatic nitrogens is 3. The molecule has 3 fully saturated rings. The molecule has 3 N–H and O–H groups in total. The van der Waals surface area contributed by atoms with Crippen LogP contribution >= 0.6 is 23.2 Å². The molecule has 16 heteroatoms. The first-order chi connectivity index (χ1) is 31.9. The summed E-state index contributed by atoms with van der Waals surface area (Å²) < 4.78 is 8.58. The van der Waals surface area contributed by atoms with E-state index in [9.17, 15) is 24.3 Å². The van der Waals surface area contributed by atoms with Gasteiger partial charge in [0.1, 0.15) is 29.4 Å². The molecule has 3 saturated heterocycles. The van der Waals surface area contributed by atoms with Gasteiger partial charge in [0.25, 0.3) is 0 Å². The largest absolute Gasteiger partial charge is 0.457 e. The molecule has 3 aliphatic rings. The zero-order valence-corrected chi connectivity index (χ0v) is 38.8. The summed E-state index contributed by atoms with van der Waals surface area (Å²) in [5.41, 5.74) is 3.06. The van der Waals surface area contributed by atoms with E-state index >= 15 is 0 Å². The quantitative estimate of drug-likeness (QED) is 0.129. The number of carbonyl (C=O) groups is 4. The molecule has 8 rings (SSSR count). The third-order valence-corrected chi connectivity index (χ3v) is 13.6. The van der Waals surface area contributed by atoms with Crippen LogP contribution in [-0.4, -0.2) is 108 Å². The van der Waals surface area contributed by atoms with Crippen molar-refractivity contribution in [2.75, 3.05) is 32.8 Å². The number of nitrogens with zero attached hydrogens (tertiary/aromatic N) is 6. The number of likely N-dealkylation sites (tertiary alicyclic amines) is 1. The molecular weight excluding hydrogens is 880 g/mol. The van der Waals surface area contributed by atoms with E-state index in [1.165, 1.54) is 17.7 Å². The van der Waals surface area contributed by atoms with Gasteiger partial charge in [-0.05, 0) is 118 Å². The monoisotopic (exact) mass is 934 g/mol. The number of pyridine rings is 1. The smallest absolute Gasteiger partial charge is 0.245 e. The molecule has 4 atom stereocenters. The number of aliphatic hydroxyl groups excluding tert-OH is 1. The second kappa shape index (κ2) is 20.8. The maximum atomic E-state index is 14.9. The van der Waals surface area contributed by atoms with E-state index < -0.39 is 47.9 Å². The molecule has 14 nitrogen and oxygen atoms in total. The molecule has 0 unspecified atom stereocenters. The third-order valence-electron chi connectivity index (χ3n) is 13.1. The number of rotatable bonds is 12. The van der Waals surface area contributed by atoms with Crippen LogP contribution in [0.25, 0.3) is 11.3 Å². The number of hydrogen-bond acceptors (Lipinski definition) is 9. The first-order valence-corrected chi connectivity index (χ1v) is 23.4. The van der Waals surface area contributed by atoms with Crippen molar-refractivity contribution in [2.45, 2.75) is 82.6 Å². The van der Waals surface area contributed by atoms with Crippen molar-refractivity contribution in [2.24, 2.45) is 13.0 Å². The number of imidazole rings is 1. The Balaban J connectivity index is 1.08. The summed E-state index contributed by atoms with van der Waals surface area (Å²) in [6.45, 7) is 4.29. The summed E-state index contributed by atoms with van der Waals surface area (Å²) in [5, 5.41) is 17.4. The molecule has 0 saturated carbocycles. The summed E-state index contributed by atoms with van der Waals surface area (Å²) >= 11 is 12.8. The van der Waals surface area contributed by atoms with Crippen LogP contribution in [0.2, 0.25) is 10.0 Å². The number of nitrogens with one attached hydrogen (secondary N) is 2. The topological polar surface area (TPSA) is 162 Å². The molecule has 5 heterocycles. The third kappa shape index (κ3) is 11.1. The minimum atomic E-state index is -1.34. The van der Waals surface area contributed by atoms with Crippen molar-refractivity contribution in [1.29, 1.82) is 0 Å². The van der Waals surface area contributed by atoms with Gasteiger partial charge < -0.3 is 34.8 Å². The van der Waals surface area contributed by atoms with Gasteiger partial charge in [0, 0.05) is 66.0 Å². The summed E-state index contributed by atoms with van der Waals surface area (Å²) in [4.78, 5) is 72.9. The molecule has 0 radical (unpaired) electrons. The highest BCUT2D eigenvalue weighted by atomic mass is 35.5. The number of ether oxygens (including phenoxy) is 1. The van der Waals surface area contributed by atoms with Crippen molar-refractivity contribution in [3.63, 3.8) is 0 Å². The molecule has 2 aromatic heterocycles. The SMILES string of the molecule is C[C@H]1C(=O)N[C@@H](CO)C(=O)N[C@@]2(Cc3ccc(Cl)cc3)CCCN(C2)C(=O)[C@H](Cc2ccccn2)CC(=O)N1Cc1ccc(Cl)cc1Oc1ccc(-c2cnc(CN3CCCC3)n2C)cc1. The van der Waals surface area contributed by atoms with Crippen LogP contribution in [0.3, 0.4) is 0 Å². The van der Waals surface area contributed by atoms with Gasteiger partial charge in [-0.15, -0.1) is 0 Å². The van der Waals surface area contributed by atoms with Crippen molar-refractivity contribution >= 4 is 46.8 Å². The molecule has 0 aliphatic carbocycles. The highest BCUT2D eigenvalue weighted by Gasteiger charge is 2.43. The zero-order chi connectivity index (χ0) is 46.4. The average Bonchev–Trinajstić information content (AvgIpc) is 3.97. The number of halogens is 2. The van der Waals surface area contributed by atoms with E-state index in [1.54, 1.807) is 54.4 Å². The average molecular weight is 936 g/mol. The molecule has 2 bridgehead atoms. The zero-order valence-electron chi connectivity index (χ0n) is 37.3. The fourth-order valence-electron chi connectivity index (χ4n) is 9.39.